The number of benzene rings is 2. The molecule has 0 saturated carbocycles. The number of ether oxygens (including phenoxy) is 1. The molecule has 0 atom stereocenters. The lowest BCUT2D eigenvalue weighted by molar-refractivity contribution is 0.415. The van der Waals surface area contributed by atoms with E-state index >= 15 is 0 Å². The molecule has 0 bridgehead atoms. The minimum atomic E-state index is 0.0539. The molecule has 3 N–H and O–H groups in total. The van der Waals surface area contributed by atoms with Gasteiger partial charge in [0.2, 0.25) is 0 Å². The maximum Gasteiger partial charge on any atom is 0.124 e. The molecule has 21 heavy (non-hydrogen) atoms. The smallest absolute Gasteiger partial charge is 0.124 e. The molecule has 0 radical (unpaired) electrons. The number of nitrogens with zero attached hydrogens (tertiary/aromatic N) is 1. The first kappa shape index (κ1) is 14.9. The van der Waals surface area contributed by atoms with E-state index in [0.717, 1.165) is 23.7 Å². The van der Waals surface area contributed by atoms with Crippen molar-refractivity contribution in [3.63, 3.8) is 0 Å². The summed E-state index contributed by atoms with van der Waals surface area (Å²) in [7, 11) is 1.63. The Morgan fingerprint density at radius 2 is 1.86 bits per heavy atom. The van der Waals surface area contributed by atoms with Gasteiger partial charge in [0, 0.05) is 23.9 Å². The Kier molecular flexibility index (Phi) is 4.48. The fourth-order valence-corrected chi connectivity index (χ4v) is 2.31. The normalized spacial score (nSPS) is 10.2. The molecule has 0 fully saturated rings. The van der Waals surface area contributed by atoms with Crippen molar-refractivity contribution in [1.82, 2.24) is 0 Å². The molecule has 4 heteroatoms. The minimum Gasteiger partial charge on any atom is -0.497 e. The minimum absolute atomic E-state index is 0.0539. The van der Waals surface area contributed by atoms with Gasteiger partial charge in [0.05, 0.1) is 12.8 Å². The topological polar surface area (TPSA) is 62.3 Å². The summed E-state index contributed by atoms with van der Waals surface area (Å²) >= 11 is 0. The van der Waals surface area contributed by atoms with Gasteiger partial charge in [-0.15, -0.1) is 0 Å². The number of nitrogens with two attached hydrogens (primary N) is 1. The monoisotopic (exact) mass is 283 g/mol. The predicted octanol–water partition coefficient (Wildman–Crippen LogP) is 3.45. The zero-order chi connectivity index (χ0) is 15.4. The molecular formula is C17H21N3O. The maximum absolute atomic E-state index is 7.78. The van der Waals surface area contributed by atoms with E-state index in [1.165, 1.54) is 5.56 Å². The highest BCUT2D eigenvalue weighted by molar-refractivity contribution is 6.01. The van der Waals surface area contributed by atoms with Gasteiger partial charge in [0.1, 0.15) is 11.6 Å². The Hall–Kier alpha value is -2.49. The van der Waals surface area contributed by atoms with Crippen LogP contribution in [-0.4, -0.2) is 19.5 Å². The van der Waals surface area contributed by atoms with E-state index in [2.05, 4.69) is 43.0 Å². The molecular weight excluding hydrogens is 262 g/mol. The number of anilines is 2. The summed E-state index contributed by atoms with van der Waals surface area (Å²) in [6.45, 7) is 4.91. The number of nitrogen functional groups attached to an aromatic ring is 1. The summed E-state index contributed by atoms with van der Waals surface area (Å²) in [5.41, 5.74) is 9.59. The molecule has 0 aliphatic rings. The Morgan fingerprint density at radius 3 is 2.38 bits per heavy atom. The van der Waals surface area contributed by atoms with Gasteiger partial charge in [0.15, 0.2) is 0 Å². The molecule has 0 amide bonds. The van der Waals surface area contributed by atoms with Crippen LogP contribution < -0.4 is 15.4 Å². The fraction of sp³-hybridized carbons (Fsp3) is 0.235. The van der Waals surface area contributed by atoms with Gasteiger partial charge in [-0.05, 0) is 38.1 Å². The van der Waals surface area contributed by atoms with E-state index in [1.54, 1.807) is 7.11 Å². The molecule has 0 spiro atoms. The third kappa shape index (κ3) is 3.16. The van der Waals surface area contributed by atoms with Crippen molar-refractivity contribution in [3.8, 4) is 5.75 Å². The zero-order valence-electron chi connectivity index (χ0n) is 12.7. The van der Waals surface area contributed by atoms with Crippen LogP contribution in [0.1, 0.15) is 18.1 Å². The second kappa shape index (κ2) is 6.31. The largest absolute Gasteiger partial charge is 0.497 e. The molecule has 0 aromatic heterocycles. The number of aryl methyl sites for hydroxylation is 1. The van der Waals surface area contributed by atoms with Gasteiger partial charge in [0.25, 0.3) is 0 Å². The van der Waals surface area contributed by atoms with E-state index in [4.69, 9.17) is 15.9 Å². The third-order valence-corrected chi connectivity index (χ3v) is 3.45. The van der Waals surface area contributed by atoms with Crippen molar-refractivity contribution in [2.24, 2.45) is 5.73 Å². The Labute approximate surface area is 125 Å². The summed E-state index contributed by atoms with van der Waals surface area (Å²) in [6, 6.07) is 13.9. The lowest BCUT2D eigenvalue weighted by Gasteiger charge is -2.26. The Balaban J connectivity index is 2.54. The van der Waals surface area contributed by atoms with Crippen LogP contribution >= 0.6 is 0 Å². The SMILES string of the molecule is CCN(c1ccc(C)cc1)c1cc(OC)ccc1C(=N)N. The second-order valence-electron chi connectivity index (χ2n) is 4.88. The standard InChI is InChI=1S/C17H21N3O/c1-4-20(13-7-5-12(2)6-8-13)16-11-14(21-3)9-10-15(16)17(18)19/h5-11H,4H2,1-3H3,(H3,18,19). The molecule has 0 aliphatic carbocycles. The molecule has 110 valence electrons. The first-order valence-electron chi connectivity index (χ1n) is 6.93. The summed E-state index contributed by atoms with van der Waals surface area (Å²) in [4.78, 5) is 2.12. The number of hydrogen-bond donors (Lipinski definition) is 2. The zero-order valence-corrected chi connectivity index (χ0v) is 12.7. The molecule has 4 nitrogen and oxygen atoms in total. The van der Waals surface area contributed by atoms with Gasteiger partial charge in [-0.3, -0.25) is 5.41 Å². The van der Waals surface area contributed by atoms with E-state index < -0.39 is 0 Å². The van der Waals surface area contributed by atoms with Crippen LogP contribution in [-0.2, 0) is 0 Å². The Morgan fingerprint density at radius 1 is 1.19 bits per heavy atom. The molecule has 2 rings (SSSR count). The highest BCUT2D eigenvalue weighted by Crippen LogP contribution is 2.31. The van der Waals surface area contributed by atoms with E-state index in [-0.39, 0.29) is 5.84 Å². The highest BCUT2D eigenvalue weighted by atomic mass is 16.5. The third-order valence-electron chi connectivity index (χ3n) is 3.45. The van der Waals surface area contributed by atoms with Crippen LogP contribution in [0.5, 0.6) is 5.75 Å². The van der Waals surface area contributed by atoms with Crippen LogP contribution in [0.15, 0.2) is 42.5 Å². The second-order valence-corrected chi connectivity index (χ2v) is 4.88. The number of amidine groups is 1. The number of methoxy groups -OCH3 is 1. The summed E-state index contributed by atoms with van der Waals surface area (Å²) in [5.74, 6) is 0.804. The van der Waals surface area contributed by atoms with Crippen molar-refractivity contribution in [3.05, 3.63) is 53.6 Å². The Bertz CT molecular complexity index is 635. The van der Waals surface area contributed by atoms with Crippen molar-refractivity contribution in [1.29, 1.82) is 5.41 Å². The van der Waals surface area contributed by atoms with E-state index in [1.807, 2.05) is 18.2 Å². The quantitative estimate of drug-likeness (QED) is 0.652. The van der Waals surface area contributed by atoms with Crippen LogP contribution in [0, 0.1) is 12.3 Å². The van der Waals surface area contributed by atoms with Gasteiger partial charge in [-0.25, -0.2) is 0 Å². The average molecular weight is 283 g/mol. The highest BCUT2D eigenvalue weighted by Gasteiger charge is 2.14. The fourth-order valence-electron chi connectivity index (χ4n) is 2.31. The lowest BCUT2D eigenvalue weighted by atomic mass is 10.1. The molecule has 2 aromatic carbocycles. The molecule has 0 unspecified atom stereocenters. The van der Waals surface area contributed by atoms with Crippen LogP contribution in [0.3, 0.4) is 0 Å². The predicted molar refractivity (Wildman–Crippen MR) is 87.9 cm³/mol. The molecule has 2 aromatic rings. The van der Waals surface area contributed by atoms with Gasteiger partial charge in [-0.1, -0.05) is 17.7 Å². The summed E-state index contributed by atoms with van der Waals surface area (Å²) < 4.78 is 5.30. The van der Waals surface area contributed by atoms with Gasteiger partial charge < -0.3 is 15.4 Å². The average Bonchev–Trinajstić information content (AvgIpc) is 2.49. The van der Waals surface area contributed by atoms with Crippen LogP contribution in [0.4, 0.5) is 11.4 Å². The van der Waals surface area contributed by atoms with E-state index in [0.29, 0.717) is 5.56 Å². The van der Waals surface area contributed by atoms with Gasteiger partial charge >= 0.3 is 0 Å². The molecule has 0 aliphatic heterocycles. The summed E-state index contributed by atoms with van der Waals surface area (Å²) in [6.07, 6.45) is 0. The van der Waals surface area contributed by atoms with Crippen LogP contribution in [0.25, 0.3) is 0 Å². The van der Waals surface area contributed by atoms with Crippen molar-refractivity contribution < 1.29 is 4.74 Å². The first-order valence-corrected chi connectivity index (χ1v) is 6.93. The number of nitrogens with one attached hydrogen (secondary N) is 1. The molecule has 0 saturated heterocycles. The number of rotatable bonds is 5. The van der Waals surface area contributed by atoms with Crippen molar-refractivity contribution in [2.75, 3.05) is 18.6 Å². The maximum atomic E-state index is 7.78. The first-order chi connectivity index (χ1) is 10.1. The van der Waals surface area contributed by atoms with E-state index in [9.17, 15) is 0 Å². The van der Waals surface area contributed by atoms with Crippen molar-refractivity contribution in [2.45, 2.75) is 13.8 Å². The molecule has 0 heterocycles. The summed E-state index contributed by atoms with van der Waals surface area (Å²) in [5, 5.41) is 7.78. The van der Waals surface area contributed by atoms with Crippen LogP contribution in [0.2, 0.25) is 0 Å². The number of hydrogen-bond acceptors (Lipinski definition) is 3. The van der Waals surface area contributed by atoms with Gasteiger partial charge in [-0.2, -0.15) is 0 Å². The lowest BCUT2D eigenvalue weighted by Crippen LogP contribution is -2.22. The van der Waals surface area contributed by atoms with Crippen molar-refractivity contribution >= 4 is 17.2 Å².